The minimum absolute atomic E-state index is 0.349. The molecular weight excluding hydrogens is 270 g/mol. The van der Waals surface area contributed by atoms with E-state index in [4.69, 9.17) is 20.9 Å². The van der Waals surface area contributed by atoms with Crippen molar-refractivity contribution in [2.24, 2.45) is 5.73 Å². The molecule has 110 valence electrons. The van der Waals surface area contributed by atoms with Crippen LogP contribution in [-0.4, -0.2) is 20.1 Å². The van der Waals surface area contributed by atoms with Crippen LogP contribution in [-0.2, 0) is 0 Å². The fourth-order valence-corrected chi connectivity index (χ4v) is 1.93. The first kappa shape index (κ1) is 14.5. The van der Waals surface area contributed by atoms with Crippen LogP contribution >= 0.6 is 0 Å². The zero-order valence-electron chi connectivity index (χ0n) is 11.8. The van der Waals surface area contributed by atoms with Crippen LogP contribution in [0.5, 0.6) is 11.5 Å². The number of carbonyl (C=O) groups is 1. The number of amides is 1. The summed E-state index contributed by atoms with van der Waals surface area (Å²) in [6.45, 7) is 0. The molecule has 6 heteroatoms. The molecule has 2 aromatic carbocycles. The average Bonchev–Trinajstić information content (AvgIpc) is 2.47. The van der Waals surface area contributed by atoms with Crippen LogP contribution in [0, 0.1) is 0 Å². The van der Waals surface area contributed by atoms with Crippen molar-refractivity contribution >= 4 is 23.0 Å². The van der Waals surface area contributed by atoms with Crippen LogP contribution in [0.1, 0.15) is 10.4 Å². The summed E-state index contributed by atoms with van der Waals surface area (Å²) < 4.78 is 10.4. The second-order valence-corrected chi connectivity index (χ2v) is 4.36. The van der Waals surface area contributed by atoms with Crippen molar-refractivity contribution in [3.05, 3.63) is 42.0 Å². The average molecular weight is 287 g/mol. The molecule has 0 unspecified atom stereocenters. The van der Waals surface area contributed by atoms with Crippen LogP contribution in [0.25, 0.3) is 0 Å². The number of hydrogen-bond acceptors (Lipinski definition) is 5. The van der Waals surface area contributed by atoms with Gasteiger partial charge in [0.1, 0.15) is 11.5 Å². The maximum absolute atomic E-state index is 11.5. The van der Waals surface area contributed by atoms with Crippen LogP contribution in [0.3, 0.4) is 0 Å². The van der Waals surface area contributed by atoms with Crippen molar-refractivity contribution in [1.82, 2.24) is 0 Å². The van der Waals surface area contributed by atoms with E-state index in [1.54, 1.807) is 50.6 Å². The van der Waals surface area contributed by atoms with E-state index < -0.39 is 5.91 Å². The molecule has 6 nitrogen and oxygen atoms in total. The highest BCUT2D eigenvalue weighted by molar-refractivity contribution is 6.00. The van der Waals surface area contributed by atoms with E-state index >= 15 is 0 Å². The Balaban J connectivity index is 2.42. The summed E-state index contributed by atoms with van der Waals surface area (Å²) in [5.74, 6) is 0.706. The maximum Gasteiger partial charge on any atom is 0.250 e. The van der Waals surface area contributed by atoms with Crippen molar-refractivity contribution in [3.8, 4) is 11.5 Å². The molecule has 0 atom stereocenters. The molecule has 0 saturated heterocycles. The molecule has 1 amide bonds. The SMILES string of the molecule is COc1ccc(Nc2cc(N)ccc2C(N)=O)c(OC)c1. The summed E-state index contributed by atoms with van der Waals surface area (Å²) in [5, 5.41) is 3.10. The third-order valence-electron chi connectivity index (χ3n) is 2.99. The first-order chi connectivity index (χ1) is 10.0. The second kappa shape index (κ2) is 6.04. The number of nitrogens with one attached hydrogen (secondary N) is 1. The Morgan fingerprint density at radius 3 is 2.43 bits per heavy atom. The number of methoxy groups -OCH3 is 2. The largest absolute Gasteiger partial charge is 0.497 e. The van der Waals surface area contributed by atoms with Gasteiger partial charge in [0.05, 0.1) is 31.2 Å². The summed E-state index contributed by atoms with van der Waals surface area (Å²) in [4.78, 5) is 11.5. The molecule has 0 aliphatic rings. The van der Waals surface area contributed by atoms with E-state index in [1.165, 1.54) is 0 Å². The number of primary amides is 1. The number of ether oxygens (including phenoxy) is 2. The molecule has 0 aliphatic heterocycles. The Bertz CT molecular complexity index is 671. The van der Waals surface area contributed by atoms with Gasteiger partial charge in [0.25, 0.3) is 5.91 Å². The summed E-state index contributed by atoms with van der Waals surface area (Å²) >= 11 is 0. The molecule has 0 radical (unpaired) electrons. The van der Waals surface area contributed by atoms with E-state index in [-0.39, 0.29) is 0 Å². The van der Waals surface area contributed by atoms with Gasteiger partial charge in [-0.15, -0.1) is 0 Å². The molecule has 0 heterocycles. The second-order valence-electron chi connectivity index (χ2n) is 4.36. The van der Waals surface area contributed by atoms with Crippen LogP contribution in [0.15, 0.2) is 36.4 Å². The molecule has 2 aromatic rings. The summed E-state index contributed by atoms with van der Waals surface area (Å²) in [5.41, 5.74) is 13.2. The Hall–Kier alpha value is -2.89. The highest BCUT2D eigenvalue weighted by Gasteiger charge is 2.11. The lowest BCUT2D eigenvalue weighted by molar-refractivity contribution is 0.100. The van der Waals surface area contributed by atoms with Gasteiger partial charge in [0, 0.05) is 11.8 Å². The van der Waals surface area contributed by atoms with Gasteiger partial charge >= 0.3 is 0 Å². The van der Waals surface area contributed by atoms with Gasteiger partial charge in [-0.3, -0.25) is 4.79 Å². The summed E-state index contributed by atoms with van der Waals surface area (Å²) in [6, 6.07) is 10.1. The van der Waals surface area contributed by atoms with Gasteiger partial charge < -0.3 is 26.3 Å². The Morgan fingerprint density at radius 1 is 1.05 bits per heavy atom. The third kappa shape index (κ3) is 3.17. The van der Waals surface area contributed by atoms with E-state index in [9.17, 15) is 4.79 Å². The van der Waals surface area contributed by atoms with E-state index in [1.807, 2.05) is 0 Å². The smallest absolute Gasteiger partial charge is 0.250 e. The van der Waals surface area contributed by atoms with Gasteiger partial charge in [-0.1, -0.05) is 0 Å². The number of nitrogen functional groups attached to an aromatic ring is 1. The van der Waals surface area contributed by atoms with Crippen LogP contribution < -0.4 is 26.3 Å². The molecule has 5 N–H and O–H groups in total. The zero-order valence-corrected chi connectivity index (χ0v) is 11.8. The van der Waals surface area contributed by atoms with Gasteiger partial charge in [-0.25, -0.2) is 0 Å². The number of anilines is 3. The van der Waals surface area contributed by atoms with E-state index in [0.717, 1.165) is 0 Å². The standard InChI is InChI=1S/C15H17N3O3/c1-20-10-4-6-12(14(8-10)21-2)18-13-7-9(16)3-5-11(13)15(17)19/h3-8,18H,16H2,1-2H3,(H2,17,19). The van der Waals surface area contributed by atoms with Crippen molar-refractivity contribution < 1.29 is 14.3 Å². The molecule has 0 bridgehead atoms. The fourth-order valence-electron chi connectivity index (χ4n) is 1.93. The number of carbonyl (C=O) groups excluding carboxylic acids is 1. The first-order valence-corrected chi connectivity index (χ1v) is 6.23. The minimum atomic E-state index is -0.537. The van der Waals surface area contributed by atoms with Gasteiger partial charge in [-0.05, 0) is 30.3 Å². The fraction of sp³-hybridized carbons (Fsp3) is 0.133. The molecule has 0 spiro atoms. The van der Waals surface area contributed by atoms with Crippen molar-refractivity contribution in [3.63, 3.8) is 0 Å². The number of hydrogen-bond donors (Lipinski definition) is 3. The van der Waals surface area contributed by atoms with Gasteiger partial charge in [-0.2, -0.15) is 0 Å². The van der Waals surface area contributed by atoms with E-state index in [2.05, 4.69) is 5.32 Å². The highest BCUT2D eigenvalue weighted by Crippen LogP contribution is 2.33. The topological polar surface area (TPSA) is 99.6 Å². The molecular formula is C15H17N3O3. The first-order valence-electron chi connectivity index (χ1n) is 6.23. The number of benzene rings is 2. The Kier molecular flexibility index (Phi) is 4.18. The van der Waals surface area contributed by atoms with E-state index in [0.29, 0.717) is 34.1 Å². The summed E-state index contributed by atoms with van der Waals surface area (Å²) in [7, 11) is 3.12. The van der Waals surface area contributed by atoms with Crippen molar-refractivity contribution in [2.75, 3.05) is 25.3 Å². The van der Waals surface area contributed by atoms with Gasteiger partial charge in [0.15, 0.2) is 0 Å². The zero-order chi connectivity index (χ0) is 15.4. The third-order valence-corrected chi connectivity index (χ3v) is 2.99. The molecule has 0 saturated carbocycles. The lowest BCUT2D eigenvalue weighted by atomic mass is 10.1. The normalized spacial score (nSPS) is 10.0. The molecule has 0 fully saturated rings. The minimum Gasteiger partial charge on any atom is -0.497 e. The predicted molar refractivity (Wildman–Crippen MR) is 82.2 cm³/mol. The molecule has 0 aliphatic carbocycles. The Morgan fingerprint density at radius 2 is 1.81 bits per heavy atom. The molecule has 2 rings (SSSR count). The molecule has 0 aromatic heterocycles. The van der Waals surface area contributed by atoms with Crippen molar-refractivity contribution in [2.45, 2.75) is 0 Å². The monoisotopic (exact) mass is 287 g/mol. The molecule has 21 heavy (non-hydrogen) atoms. The van der Waals surface area contributed by atoms with Crippen LogP contribution in [0.2, 0.25) is 0 Å². The number of rotatable bonds is 5. The lowest BCUT2D eigenvalue weighted by Crippen LogP contribution is -2.13. The predicted octanol–water partition coefficient (Wildman–Crippen LogP) is 2.13. The van der Waals surface area contributed by atoms with Gasteiger partial charge in [0.2, 0.25) is 0 Å². The summed E-state index contributed by atoms with van der Waals surface area (Å²) in [6.07, 6.45) is 0. The number of nitrogens with two attached hydrogens (primary N) is 2. The quantitative estimate of drug-likeness (QED) is 0.731. The van der Waals surface area contributed by atoms with Crippen LogP contribution in [0.4, 0.5) is 17.1 Å². The lowest BCUT2D eigenvalue weighted by Gasteiger charge is -2.14. The highest BCUT2D eigenvalue weighted by atomic mass is 16.5. The Labute approximate surface area is 122 Å². The van der Waals surface area contributed by atoms with Crippen molar-refractivity contribution in [1.29, 1.82) is 0 Å². The maximum atomic E-state index is 11.5.